The standard InChI is InChI=1S/C20H24BrNO2/c1-2-3-4-5-6-14-24-19-9-7-8-18(15-19)22-20(23)16-10-12-17(21)13-11-16/h7-13,15H,2-6,14H2,1H3,(H,22,23). The zero-order chi connectivity index (χ0) is 17.2. The smallest absolute Gasteiger partial charge is 0.255 e. The maximum atomic E-state index is 12.2. The number of rotatable bonds is 9. The Morgan fingerprint density at radius 1 is 1.04 bits per heavy atom. The number of hydrogen-bond acceptors (Lipinski definition) is 2. The summed E-state index contributed by atoms with van der Waals surface area (Å²) >= 11 is 3.37. The van der Waals surface area contributed by atoms with Crippen LogP contribution in [0.15, 0.2) is 53.0 Å². The molecule has 0 fully saturated rings. The molecule has 0 atom stereocenters. The van der Waals surface area contributed by atoms with Crippen molar-refractivity contribution in [3.63, 3.8) is 0 Å². The molecule has 0 aromatic heterocycles. The van der Waals surface area contributed by atoms with Gasteiger partial charge in [-0.1, -0.05) is 54.6 Å². The molecule has 3 nitrogen and oxygen atoms in total. The van der Waals surface area contributed by atoms with Gasteiger partial charge in [-0.05, 0) is 42.8 Å². The van der Waals surface area contributed by atoms with Crippen LogP contribution in [-0.2, 0) is 0 Å². The monoisotopic (exact) mass is 389 g/mol. The summed E-state index contributed by atoms with van der Waals surface area (Å²) in [5.41, 5.74) is 1.37. The highest BCUT2D eigenvalue weighted by Crippen LogP contribution is 2.19. The molecule has 0 aliphatic rings. The molecule has 0 saturated heterocycles. The molecule has 2 aromatic carbocycles. The van der Waals surface area contributed by atoms with Gasteiger partial charge in [-0.2, -0.15) is 0 Å². The molecule has 0 radical (unpaired) electrons. The average Bonchev–Trinajstić information content (AvgIpc) is 2.59. The predicted molar refractivity (Wildman–Crippen MR) is 103 cm³/mol. The van der Waals surface area contributed by atoms with Gasteiger partial charge in [0, 0.05) is 21.8 Å². The van der Waals surface area contributed by atoms with Crippen LogP contribution in [0.4, 0.5) is 5.69 Å². The summed E-state index contributed by atoms with van der Waals surface area (Å²) in [6.07, 6.45) is 6.07. The number of carbonyl (C=O) groups is 1. The number of benzene rings is 2. The molecule has 2 rings (SSSR count). The lowest BCUT2D eigenvalue weighted by molar-refractivity contribution is 0.102. The Hall–Kier alpha value is -1.81. The molecule has 0 unspecified atom stereocenters. The molecule has 0 bridgehead atoms. The van der Waals surface area contributed by atoms with Gasteiger partial charge in [-0.25, -0.2) is 0 Å². The largest absolute Gasteiger partial charge is 0.494 e. The van der Waals surface area contributed by atoms with Gasteiger partial charge in [0.05, 0.1) is 6.61 Å². The van der Waals surface area contributed by atoms with Crippen LogP contribution in [0.1, 0.15) is 49.4 Å². The first-order valence-electron chi connectivity index (χ1n) is 8.49. The van der Waals surface area contributed by atoms with Crippen LogP contribution in [0.2, 0.25) is 0 Å². The number of amides is 1. The van der Waals surface area contributed by atoms with Crippen LogP contribution in [0.5, 0.6) is 5.75 Å². The number of anilines is 1. The fourth-order valence-electron chi connectivity index (χ4n) is 2.36. The first-order chi connectivity index (χ1) is 11.7. The third-order valence-electron chi connectivity index (χ3n) is 3.71. The topological polar surface area (TPSA) is 38.3 Å². The van der Waals surface area contributed by atoms with E-state index in [0.29, 0.717) is 12.2 Å². The maximum absolute atomic E-state index is 12.2. The molecule has 0 aliphatic heterocycles. The first-order valence-corrected chi connectivity index (χ1v) is 9.28. The average molecular weight is 390 g/mol. The number of hydrogen-bond donors (Lipinski definition) is 1. The normalized spacial score (nSPS) is 10.4. The molecular weight excluding hydrogens is 366 g/mol. The lowest BCUT2D eigenvalue weighted by Gasteiger charge is -2.09. The highest BCUT2D eigenvalue weighted by atomic mass is 79.9. The highest BCUT2D eigenvalue weighted by Gasteiger charge is 2.06. The molecule has 24 heavy (non-hydrogen) atoms. The summed E-state index contributed by atoms with van der Waals surface area (Å²) in [7, 11) is 0. The van der Waals surface area contributed by atoms with Crippen LogP contribution in [0.3, 0.4) is 0 Å². The summed E-state index contributed by atoms with van der Waals surface area (Å²) in [6, 6.07) is 14.8. The van der Waals surface area contributed by atoms with Crippen LogP contribution < -0.4 is 10.1 Å². The fourth-order valence-corrected chi connectivity index (χ4v) is 2.63. The molecule has 0 spiro atoms. The Balaban J connectivity index is 1.83. The highest BCUT2D eigenvalue weighted by molar-refractivity contribution is 9.10. The predicted octanol–water partition coefficient (Wildman–Crippen LogP) is 6.05. The van der Waals surface area contributed by atoms with Gasteiger partial charge < -0.3 is 10.1 Å². The summed E-state index contributed by atoms with van der Waals surface area (Å²) in [5, 5.41) is 2.90. The van der Waals surface area contributed by atoms with Crippen molar-refractivity contribution in [2.75, 3.05) is 11.9 Å². The maximum Gasteiger partial charge on any atom is 0.255 e. The van der Waals surface area contributed by atoms with Gasteiger partial charge in [-0.15, -0.1) is 0 Å². The Bertz CT molecular complexity index is 640. The van der Waals surface area contributed by atoms with Crippen LogP contribution in [0, 0.1) is 0 Å². The zero-order valence-electron chi connectivity index (χ0n) is 14.1. The van der Waals surface area contributed by atoms with Gasteiger partial charge >= 0.3 is 0 Å². The number of carbonyl (C=O) groups excluding carboxylic acids is 1. The second-order valence-electron chi connectivity index (χ2n) is 5.75. The van der Waals surface area contributed by atoms with Gasteiger partial charge in [0.25, 0.3) is 5.91 Å². The van der Waals surface area contributed by atoms with Crippen LogP contribution >= 0.6 is 15.9 Å². The summed E-state index contributed by atoms with van der Waals surface area (Å²) in [5.74, 6) is 0.665. The molecule has 0 aliphatic carbocycles. The van der Waals surface area contributed by atoms with E-state index in [2.05, 4.69) is 28.2 Å². The van der Waals surface area contributed by atoms with Crippen molar-refractivity contribution in [1.29, 1.82) is 0 Å². The molecule has 0 heterocycles. The van der Waals surface area contributed by atoms with Crippen molar-refractivity contribution in [2.24, 2.45) is 0 Å². The third-order valence-corrected chi connectivity index (χ3v) is 4.24. The Labute approximate surface area is 152 Å². The molecule has 4 heteroatoms. The first kappa shape index (κ1) is 18.5. The van der Waals surface area contributed by atoms with E-state index in [4.69, 9.17) is 4.74 Å². The minimum absolute atomic E-state index is 0.126. The van der Waals surface area contributed by atoms with Crippen LogP contribution in [-0.4, -0.2) is 12.5 Å². The van der Waals surface area contributed by atoms with Crippen molar-refractivity contribution in [3.05, 3.63) is 58.6 Å². The van der Waals surface area contributed by atoms with E-state index < -0.39 is 0 Å². The number of halogens is 1. The van der Waals surface area contributed by atoms with E-state index in [1.807, 2.05) is 36.4 Å². The SMILES string of the molecule is CCCCCCCOc1cccc(NC(=O)c2ccc(Br)cc2)c1. The minimum Gasteiger partial charge on any atom is -0.494 e. The lowest BCUT2D eigenvalue weighted by Crippen LogP contribution is -2.11. The van der Waals surface area contributed by atoms with Gasteiger partial charge in [0.1, 0.15) is 5.75 Å². The van der Waals surface area contributed by atoms with Crippen molar-refractivity contribution in [2.45, 2.75) is 39.0 Å². The number of ether oxygens (including phenoxy) is 1. The minimum atomic E-state index is -0.126. The fraction of sp³-hybridized carbons (Fsp3) is 0.350. The van der Waals surface area contributed by atoms with Crippen LogP contribution in [0.25, 0.3) is 0 Å². The van der Waals surface area contributed by atoms with Gasteiger partial charge in [-0.3, -0.25) is 4.79 Å². The van der Waals surface area contributed by atoms with Gasteiger partial charge in [0.15, 0.2) is 0 Å². The second-order valence-corrected chi connectivity index (χ2v) is 6.67. The van der Waals surface area contributed by atoms with Crippen molar-refractivity contribution >= 4 is 27.5 Å². The Kier molecular flexibility index (Phi) is 7.83. The van der Waals surface area contributed by atoms with E-state index in [1.165, 1.54) is 25.7 Å². The van der Waals surface area contributed by atoms with E-state index in [1.54, 1.807) is 12.1 Å². The summed E-state index contributed by atoms with van der Waals surface area (Å²) in [6.45, 7) is 2.93. The second kappa shape index (κ2) is 10.1. The van der Waals surface area contributed by atoms with E-state index in [9.17, 15) is 4.79 Å². The quantitative estimate of drug-likeness (QED) is 0.529. The number of unbranched alkanes of at least 4 members (excludes halogenated alkanes) is 4. The van der Waals surface area contributed by atoms with Gasteiger partial charge in [0.2, 0.25) is 0 Å². The summed E-state index contributed by atoms with van der Waals surface area (Å²) < 4.78 is 6.72. The van der Waals surface area contributed by atoms with E-state index in [-0.39, 0.29) is 5.91 Å². The molecule has 2 aromatic rings. The molecule has 128 valence electrons. The molecule has 1 N–H and O–H groups in total. The summed E-state index contributed by atoms with van der Waals surface area (Å²) in [4.78, 5) is 12.2. The van der Waals surface area contributed by atoms with E-state index >= 15 is 0 Å². The molecule has 1 amide bonds. The van der Waals surface area contributed by atoms with Crippen molar-refractivity contribution in [3.8, 4) is 5.75 Å². The van der Waals surface area contributed by atoms with E-state index in [0.717, 1.165) is 22.3 Å². The van der Waals surface area contributed by atoms with Crippen molar-refractivity contribution < 1.29 is 9.53 Å². The Morgan fingerprint density at radius 3 is 2.54 bits per heavy atom. The zero-order valence-corrected chi connectivity index (χ0v) is 15.6. The molecular formula is C20H24BrNO2. The lowest BCUT2D eigenvalue weighted by atomic mass is 10.2. The van der Waals surface area contributed by atoms with Crippen molar-refractivity contribution in [1.82, 2.24) is 0 Å². The third kappa shape index (κ3) is 6.36. The number of nitrogens with one attached hydrogen (secondary N) is 1. The Morgan fingerprint density at radius 2 is 1.79 bits per heavy atom. The molecule has 0 saturated carbocycles.